The van der Waals surface area contributed by atoms with Gasteiger partial charge in [-0.15, -0.1) is 0 Å². The van der Waals surface area contributed by atoms with Gasteiger partial charge < -0.3 is 5.73 Å². The van der Waals surface area contributed by atoms with Crippen LogP contribution in [0, 0.1) is 5.95 Å². The molecule has 0 saturated carbocycles. The summed E-state index contributed by atoms with van der Waals surface area (Å²) in [5, 5.41) is 0. The van der Waals surface area contributed by atoms with Gasteiger partial charge in [0.25, 0.3) is 6.43 Å². The van der Waals surface area contributed by atoms with E-state index in [1.54, 1.807) is 0 Å². The number of nitrogens with two attached hydrogens (primary N) is 1. The van der Waals surface area contributed by atoms with Gasteiger partial charge in [0.15, 0.2) is 6.29 Å². The molecule has 1 heterocycles. The molecule has 0 spiro atoms. The summed E-state index contributed by atoms with van der Waals surface area (Å²) in [6.07, 6.45) is -2.83. The molecule has 0 radical (unpaired) electrons. The number of hydrogen-bond acceptors (Lipinski definition) is 3. The minimum atomic E-state index is -2.99. The SMILES string of the molecule is Nc1cc(C=O)c(C(F)F)nc1F. The second-order valence-electron chi connectivity index (χ2n) is 2.26. The van der Waals surface area contributed by atoms with Crippen LogP contribution in [0.5, 0.6) is 0 Å². The van der Waals surface area contributed by atoms with Crippen LogP contribution >= 0.6 is 0 Å². The van der Waals surface area contributed by atoms with Crippen molar-refractivity contribution in [3.8, 4) is 0 Å². The van der Waals surface area contributed by atoms with E-state index in [1.807, 2.05) is 0 Å². The number of aldehydes is 1. The first-order valence-electron chi connectivity index (χ1n) is 3.25. The summed E-state index contributed by atoms with van der Waals surface area (Å²) in [6, 6.07) is 0.830. The van der Waals surface area contributed by atoms with Crippen LogP contribution in [-0.4, -0.2) is 11.3 Å². The predicted octanol–water partition coefficient (Wildman–Crippen LogP) is 1.55. The van der Waals surface area contributed by atoms with Crippen molar-refractivity contribution in [2.45, 2.75) is 6.43 Å². The molecule has 1 aromatic rings. The van der Waals surface area contributed by atoms with E-state index < -0.39 is 29.3 Å². The zero-order valence-electron chi connectivity index (χ0n) is 6.30. The van der Waals surface area contributed by atoms with Gasteiger partial charge in [0, 0.05) is 5.56 Å². The number of nitrogen functional groups attached to an aromatic ring is 1. The van der Waals surface area contributed by atoms with Crippen molar-refractivity contribution in [2.75, 3.05) is 5.73 Å². The number of aromatic nitrogens is 1. The molecule has 70 valence electrons. The monoisotopic (exact) mass is 190 g/mol. The van der Waals surface area contributed by atoms with Crippen LogP contribution in [0.4, 0.5) is 18.9 Å². The zero-order chi connectivity index (χ0) is 10.0. The maximum atomic E-state index is 12.6. The topological polar surface area (TPSA) is 56.0 Å². The summed E-state index contributed by atoms with van der Waals surface area (Å²) >= 11 is 0. The van der Waals surface area contributed by atoms with E-state index >= 15 is 0 Å². The van der Waals surface area contributed by atoms with E-state index in [1.165, 1.54) is 0 Å². The molecule has 0 saturated heterocycles. The van der Waals surface area contributed by atoms with Gasteiger partial charge in [-0.25, -0.2) is 13.8 Å². The van der Waals surface area contributed by atoms with E-state index in [9.17, 15) is 18.0 Å². The molecular weight excluding hydrogens is 185 g/mol. The molecule has 0 fully saturated rings. The van der Waals surface area contributed by atoms with Crippen molar-refractivity contribution in [1.82, 2.24) is 4.98 Å². The molecule has 0 aliphatic heterocycles. The fourth-order valence-electron chi connectivity index (χ4n) is 0.805. The van der Waals surface area contributed by atoms with E-state index in [2.05, 4.69) is 4.98 Å². The Morgan fingerprint density at radius 1 is 1.54 bits per heavy atom. The van der Waals surface area contributed by atoms with Gasteiger partial charge in [-0.2, -0.15) is 4.39 Å². The summed E-state index contributed by atoms with van der Waals surface area (Å²) < 4.78 is 36.8. The molecule has 0 atom stereocenters. The normalized spacial score (nSPS) is 10.5. The lowest BCUT2D eigenvalue weighted by molar-refractivity contribution is 0.110. The molecule has 13 heavy (non-hydrogen) atoms. The average Bonchev–Trinajstić information content (AvgIpc) is 2.08. The molecule has 3 nitrogen and oxygen atoms in total. The fraction of sp³-hybridized carbons (Fsp3) is 0.143. The van der Waals surface area contributed by atoms with Crippen molar-refractivity contribution < 1.29 is 18.0 Å². The van der Waals surface area contributed by atoms with Crippen LogP contribution in [-0.2, 0) is 0 Å². The standard InChI is InChI=1S/C7H5F3N2O/c8-6(9)5-3(2-13)1-4(11)7(10)12-5/h1-2,6H,11H2. The Kier molecular flexibility index (Phi) is 2.50. The lowest BCUT2D eigenvalue weighted by Crippen LogP contribution is -2.03. The number of halogens is 3. The van der Waals surface area contributed by atoms with Crippen LogP contribution in [0.2, 0.25) is 0 Å². The number of carbonyl (C=O) groups excluding carboxylic acids is 1. The highest BCUT2D eigenvalue weighted by Crippen LogP contribution is 2.22. The van der Waals surface area contributed by atoms with Crippen LogP contribution in [0.25, 0.3) is 0 Å². The minimum absolute atomic E-state index is 0.157. The molecule has 0 bridgehead atoms. The Hall–Kier alpha value is -1.59. The first-order valence-corrected chi connectivity index (χ1v) is 3.25. The van der Waals surface area contributed by atoms with Gasteiger partial charge in [0.2, 0.25) is 5.95 Å². The maximum absolute atomic E-state index is 12.6. The zero-order valence-corrected chi connectivity index (χ0v) is 6.30. The third kappa shape index (κ3) is 1.77. The van der Waals surface area contributed by atoms with Crippen molar-refractivity contribution in [2.24, 2.45) is 0 Å². The highest BCUT2D eigenvalue weighted by Gasteiger charge is 2.17. The quantitative estimate of drug-likeness (QED) is 0.568. The van der Waals surface area contributed by atoms with Crippen LogP contribution < -0.4 is 5.73 Å². The van der Waals surface area contributed by atoms with Crippen molar-refractivity contribution in [3.63, 3.8) is 0 Å². The highest BCUT2D eigenvalue weighted by atomic mass is 19.3. The van der Waals surface area contributed by atoms with E-state index in [0.29, 0.717) is 0 Å². The molecular formula is C7H5F3N2O. The number of carbonyl (C=O) groups is 1. The number of rotatable bonds is 2. The Balaban J connectivity index is 3.32. The van der Waals surface area contributed by atoms with E-state index in [4.69, 9.17) is 5.73 Å². The first kappa shape index (κ1) is 9.50. The number of alkyl halides is 2. The maximum Gasteiger partial charge on any atom is 0.281 e. The Bertz CT molecular complexity index is 341. The van der Waals surface area contributed by atoms with Crippen molar-refractivity contribution in [1.29, 1.82) is 0 Å². The largest absolute Gasteiger partial charge is 0.395 e. The minimum Gasteiger partial charge on any atom is -0.395 e. The number of hydrogen-bond donors (Lipinski definition) is 1. The number of pyridine rings is 1. The van der Waals surface area contributed by atoms with Crippen LogP contribution in [0.15, 0.2) is 6.07 Å². The predicted molar refractivity (Wildman–Crippen MR) is 39.0 cm³/mol. The molecule has 1 rings (SSSR count). The van der Waals surface area contributed by atoms with Crippen LogP contribution in [0.3, 0.4) is 0 Å². The molecule has 0 aliphatic carbocycles. The fourth-order valence-corrected chi connectivity index (χ4v) is 0.805. The number of nitrogens with zero attached hydrogens (tertiary/aromatic N) is 1. The molecule has 6 heteroatoms. The third-order valence-electron chi connectivity index (χ3n) is 1.40. The smallest absolute Gasteiger partial charge is 0.281 e. The van der Waals surface area contributed by atoms with Gasteiger partial charge in [0.05, 0.1) is 5.69 Å². The van der Waals surface area contributed by atoms with E-state index in [0.717, 1.165) is 6.07 Å². The van der Waals surface area contributed by atoms with Crippen LogP contribution in [0.1, 0.15) is 22.5 Å². The highest BCUT2D eigenvalue weighted by molar-refractivity contribution is 5.78. The number of anilines is 1. The average molecular weight is 190 g/mol. The summed E-state index contributed by atoms with van der Waals surface area (Å²) in [5.41, 5.74) is 3.32. The molecule has 2 N–H and O–H groups in total. The molecule has 0 unspecified atom stereocenters. The lowest BCUT2D eigenvalue weighted by atomic mass is 10.2. The summed E-state index contributed by atoms with van der Waals surface area (Å²) in [6.45, 7) is 0. The summed E-state index contributed by atoms with van der Waals surface area (Å²) in [7, 11) is 0. The molecule has 0 amide bonds. The first-order chi connectivity index (χ1) is 6.06. The third-order valence-corrected chi connectivity index (χ3v) is 1.40. The van der Waals surface area contributed by atoms with Crippen molar-refractivity contribution in [3.05, 3.63) is 23.3 Å². The lowest BCUT2D eigenvalue weighted by Gasteiger charge is -2.03. The van der Waals surface area contributed by atoms with Gasteiger partial charge >= 0.3 is 0 Å². The summed E-state index contributed by atoms with van der Waals surface area (Å²) in [5.74, 6) is -1.19. The van der Waals surface area contributed by atoms with Gasteiger partial charge in [0.1, 0.15) is 5.69 Å². The molecule has 0 aromatic carbocycles. The second-order valence-corrected chi connectivity index (χ2v) is 2.26. The van der Waals surface area contributed by atoms with E-state index in [-0.39, 0.29) is 6.29 Å². The van der Waals surface area contributed by atoms with Gasteiger partial charge in [-0.05, 0) is 6.07 Å². The Morgan fingerprint density at radius 3 is 2.62 bits per heavy atom. The Labute approximate surface area is 71.4 Å². The molecule has 0 aliphatic rings. The second kappa shape index (κ2) is 3.42. The summed E-state index contributed by atoms with van der Waals surface area (Å²) in [4.78, 5) is 13.1. The molecule has 1 aromatic heterocycles. The Morgan fingerprint density at radius 2 is 2.15 bits per heavy atom. The van der Waals surface area contributed by atoms with Gasteiger partial charge in [-0.1, -0.05) is 0 Å². The van der Waals surface area contributed by atoms with Gasteiger partial charge in [-0.3, -0.25) is 4.79 Å². The van der Waals surface area contributed by atoms with Crippen molar-refractivity contribution >= 4 is 12.0 Å².